The zero-order chi connectivity index (χ0) is 13.4. The zero-order valence-corrected chi connectivity index (χ0v) is 10.7. The lowest BCUT2D eigenvalue weighted by molar-refractivity contribution is 0.143. The fourth-order valence-corrected chi connectivity index (χ4v) is 1.45. The van der Waals surface area contributed by atoms with Crippen LogP contribution in [-0.4, -0.2) is 37.7 Å². The van der Waals surface area contributed by atoms with Crippen LogP contribution in [0, 0.1) is 19.3 Å². The maximum absolute atomic E-state index is 11.8. The molecule has 0 aliphatic rings. The molecule has 0 atom stereocenters. The molecule has 5 nitrogen and oxygen atoms in total. The SMILES string of the molecule is C#CCNC(=O)N(CCOC)Cc1ccc(C)o1. The summed E-state index contributed by atoms with van der Waals surface area (Å²) in [6.45, 7) is 3.41. The van der Waals surface area contributed by atoms with Crippen molar-refractivity contribution in [3.8, 4) is 12.3 Å². The third-order valence-corrected chi connectivity index (χ3v) is 2.34. The van der Waals surface area contributed by atoms with Gasteiger partial charge < -0.3 is 19.4 Å². The number of aryl methyl sites for hydroxylation is 1. The van der Waals surface area contributed by atoms with Crippen LogP contribution in [0.5, 0.6) is 0 Å². The summed E-state index contributed by atoms with van der Waals surface area (Å²) in [7, 11) is 1.59. The predicted octanol–water partition coefficient (Wildman–Crippen LogP) is 1.38. The van der Waals surface area contributed by atoms with Crippen LogP contribution >= 0.6 is 0 Å². The number of nitrogens with zero attached hydrogens (tertiary/aromatic N) is 1. The number of hydrogen-bond donors (Lipinski definition) is 1. The first kappa shape index (κ1) is 14.1. The van der Waals surface area contributed by atoms with E-state index in [2.05, 4.69) is 11.2 Å². The maximum atomic E-state index is 11.8. The standard InChI is InChI=1S/C13H18N2O3/c1-4-7-14-13(16)15(8-9-17-3)10-12-6-5-11(2)18-12/h1,5-6H,7-10H2,2-3H3,(H,14,16). The van der Waals surface area contributed by atoms with Gasteiger partial charge in [0, 0.05) is 13.7 Å². The van der Waals surface area contributed by atoms with E-state index in [0.717, 1.165) is 11.5 Å². The highest BCUT2D eigenvalue weighted by Gasteiger charge is 2.14. The maximum Gasteiger partial charge on any atom is 0.318 e. The summed E-state index contributed by atoms with van der Waals surface area (Å²) in [4.78, 5) is 13.4. The number of nitrogens with one attached hydrogen (secondary N) is 1. The molecule has 1 heterocycles. The Morgan fingerprint density at radius 2 is 2.39 bits per heavy atom. The van der Waals surface area contributed by atoms with E-state index in [9.17, 15) is 4.79 Å². The van der Waals surface area contributed by atoms with Crippen LogP contribution in [0.15, 0.2) is 16.5 Å². The topological polar surface area (TPSA) is 54.7 Å². The lowest BCUT2D eigenvalue weighted by atomic mass is 10.4. The van der Waals surface area contributed by atoms with Gasteiger partial charge in [0.15, 0.2) is 0 Å². The minimum atomic E-state index is -0.223. The molecule has 0 radical (unpaired) electrons. The predicted molar refractivity (Wildman–Crippen MR) is 68.0 cm³/mol. The zero-order valence-electron chi connectivity index (χ0n) is 10.7. The van der Waals surface area contributed by atoms with Gasteiger partial charge in [-0.25, -0.2) is 4.79 Å². The van der Waals surface area contributed by atoms with Gasteiger partial charge >= 0.3 is 6.03 Å². The molecule has 0 spiro atoms. The molecule has 0 unspecified atom stereocenters. The first-order valence-electron chi connectivity index (χ1n) is 5.68. The highest BCUT2D eigenvalue weighted by molar-refractivity contribution is 5.74. The minimum Gasteiger partial charge on any atom is -0.464 e. The molecule has 1 N–H and O–H groups in total. The van der Waals surface area contributed by atoms with Crippen molar-refractivity contribution in [1.82, 2.24) is 10.2 Å². The quantitative estimate of drug-likeness (QED) is 0.776. The molecule has 1 aromatic rings. The summed E-state index contributed by atoms with van der Waals surface area (Å²) >= 11 is 0. The van der Waals surface area contributed by atoms with Crippen molar-refractivity contribution in [2.45, 2.75) is 13.5 Å². The van der Waals surface area contributed by atoms with Crippen LogP contribution in [-0.2, 0) is 11.3 Å². The van der Waals surface area contributed by atoms with Crippen molar-refractivity contribution in [3.63, 3.8) is 0 Å². The molecule has 18 heavy (non-hydrogen) atoms. The molecule has 0 aliphatic heterocycles. The first-order chi connectivity index (χ1) is 8.67. The molecule has 0 bridgehead atoms. The molecular weight excluding hydrogens is 232 g/mol. The van der Waals surface area contributed by atoms with Crippen molar-refractivity contribution in [3.05, 3.63) is 23.7 Å². The minimum absolute atomic E-state index is 0.208. The summed E-state index contributed by atoms with van der Waals surface area (Å²) in [6.07, 6.45) is 5.11. The van der Waals surface area contributed by atoms with E-state index in [4.69, 9.17) is 15.6 Å². The van der Waals surface area contributed by atoms with Gasteiger partial charge in [-0.15, -0.1) is 6.42 Å². The van der Waals surface area contributed by atoms with E-state index in [1.807, 2.05) is 19.1 Å². The van der Waals surface area contributed by atoms with Gasteiger partial charge in [0.05, 0.1) is 19.7 Å². The van der Waals surface area contributed by atoms with Gasteiger partial charge in [-0.1, -0.05) is 5.92 Å². The third kappa shape index (κ3) is 4.52. The summed E-state index contributed by atoms with van der Waals surface area (Å²) in [5, 5.41) is 2.62. The first-order valence-corrected chi connectivity index (χ1v) is 5.68. The lowest BCUT2D eigenvalue weighted by Gasteiger charge is -2.21. The van der Waals surface area contributed by atoms with Crippen LogP contribution in [0.3, 0.4) is 0 Å². The smallest absolute Gasteiger partial charge is 0.318 e. The monoisotopic (exact) mass is 250 g/mol. The second-order valence-corrected chi connectivity index (χ2v) is 3.79. The number of methoxy groups -OCH3 is 1. The Morgan fingerprint density at radius 1 is 1.61 bits per heavy atom. The second kappa shape index (κ2) is 7.41. The number of ether oxygens (including phenoxy) is 1. The molecule has 0 fully saturated rings. The van der Waals surface area contributed by atoms with Crippen LogP contribution in [0.4, 0.5) is 4.79 Å². The normalized spacial score (nSPS) is 9.83. The van der Waals surface area contributed by atoms with E-state index in [1.54, 1.807) is 12.0 Å². The Morgan fingerprint density at radius 3 is 2.94 bits per heavy atom. The molecule has 0 aliphatic carbocycles. The molecule has 0 saturated carbocycles. The van der Waals surface area contributed by atoms with E-state index < -0.39 is 0 Å². The molecule has 5 heteroatoms. The highest BCUT2D eigenvalue weighted by atomic mass is 16.5. The number of furan rings is 1. The number of carbonyl (C=O) groups excluding carboxylic acids is 1. The van der Waals surface area contributed by atoms with E-state index >= 15 is 0 Å². The van der Waals surface area contributed by atoms with E-state index in [-0.39, 0.29) is 12.6 Å². The fourth-order valence-electron chi connectivity index (χ4n) is 1.45. The molecule has 0 saturated heterocycles. The van der Waals surface area contributed by atoms with E-state index in [0.29, 0.717) is 19.7 Å². The summed E-state index contributed by atoms with van der Waals surface area (Å²) < 4.78 is 10.4. The van der Waals surface area contributed by atoms with Crippen molar-refractivity contribution in [1.29, 1.82) is 0 Å². The number of rotatable bonds is 6. The Kier molecular flexibility index (Phi) is 5.81. The van der Waals surface area contributed by atoms with Gasteiger partial charge in [-0.3, -0.25) is 0 Å². The molecular formula is C13H18N2O3. The van der Waals surface area contributed by atoms with Gasteiger partial charge in [0.1, 0.15) is 11.5 Å². The highest BCUT2D eigenvalue weighted by Crippen LogP contribution is 2.09. The van der Waals surface area contributed by atoms with Crippen molar-refractivity contribution in [2.75, 3.05) is 26.8 Å². The molecule has 1 rings (SSSR count). The number of carbonyl (C=O) groups is 1. The van der Waals surface area contributed by atoms with Gasteiger partial charge in [0.2, 0.25) is 0 Å². The number of amides is 2. The number of terminal acetylenes is 1. The van der Waals surface area contributed by atoms with Crippen molar-refractivity contribution >= 4 is 6.03 Å². The Labute approximate surface area is 107 Å². The van der Waals surface area contributed by atoms with Crippen molar-refractivity contribution in [2.24, 2.45) is 0 Å². The average molecular weight is 250 g/mol. The number of urea groups is 1. The van der Waals surface area contributed by atoms with Gasteiger partial charge in [-0.05, 0) is 19.1 Å². The van der Waals surface area contributed by atoms with Crippen LogP contribution in [0.25, 0.3) is 0 Å². The summed E-state index contributed by atoms with van der Waals surface area (Å²) in [5.74, 6) is 3.92. The third-order valence-electron chi connectivity index (χ3n) is 2.34. The fraction of sp³-hybridized carbons (Fsp3) is 0.462. The van der Waals surface area contributed by atoms with Gasteiger partial charge in [-0.2, -0.15) is 0 Å². The lowest BCUT2D eigenvalue weighted by Crippen LogP contribution is -2.41. The summed E-state index contributed by atoms with van der Waals surface area (Å²) in [6, 6.07) is 3.49. The average Bonchev–Trinajstić information content (AvgIpc) is 2.77. The summed E-state index contributed by atoms with van der Waals surface area (Å²) in [5.41, 5.74) is 0. The second-order valence-electron chi connectivity index (χ2n) is 3.79. The molecule has 98 valence electrons. The van der Waals surface area contributed by atoms with Crippen molar-refractivity contribution < 1.29 is 13.9 Å². The van der Waals surface area contributed by atoms with Crippen LogP contribution in [0.1, 0.15) is 11.5 Å². The van der Waals surface area contributed by atoms with Crippen LogP contribution < -0.4 is 5.32 Å². The molecule has 2 amide bonds. The Balaban J connectivity index is 2.60. The Hall–Kier alpha value is -1.93. The largest absolute Gasteiger partial charge is 0.464 e. The van der Waals surface area contributed by atoms with Gasteiger partial charge in [0.25, 0.3) is 0 Å². The molecule has 1 aromatic heterocycles. The Bertz CT molecular complexity index is 420. The molecule has 0 aromatic carbocycles. The van der Waals surface area contributed by atoms with E-state index in [1.165, 1.54) is 0 Å². The number of hydrogen-bond acceptors (Lipinski definition) is 3. The van der Waals surface area contributed by atoms with Crippen LogP contribution in [0.2, 0.25) is 0 Å².